The lowest BCUT2D eigenvalue weighted by Gasteiger charge is -2.21. The molecular formula is C20H19Cl2F3N6O4S. The summed E-state index contributed by atoms with van der Waals surface area (Å²) in [6, 6.07) is 3.84. The average Bonchev–Trinajstić information content (AvgIpc) is 2.79. The molecule has 0 bridgehead atoms. The predicted molar refractivity (Wildman–Crippen MR) is 131 cm³/mol. The van der Waals surface area contributed by atoms with Crippen LogP contribution in [-0.2, 0) is 10.0 Å². The number of hydrazone groups is 1. The number of urea groups is 1. The van der Waals surface area contributed by atoms with Gasteiger partial charge in [0.2, 0.25) is 10.0 Å². The van der Waals surface area contributed by atoms with Gasteiger partial charge in [0, 0.05) is 11.2 Å². The lowest BCUT2D eigenvalue weighted by molar-refractivity contribution is -0.0578. The number of rotatable bonds is 8. The van der Waals surface area contributed by atoms with Crippen molar-refractivity contribution in [3.63, 3.8) is 0 Å². The number of pyridine rings is 1. The number of benzene rings is 1. The van der Waals surface area contributed by atoms with Crippen LogP contribution >= 0.6 is 23.2 Å². The number of aromatic nitrogens is 1. The number of sulfonamides is 1. The van der Waals surface area contributed by atoms with E-state index in [1.165, 1.54) is 38.2 Å². The molecule has 16 heteroatoms. The van der Waals surface area contributed by atoms with Crippen LogP contribution in [0.5, 0.6) is 0 Å². The lowest BCUT2D eigenvalue weighted by atomic mass is 10.1. The number of hydrogen-bond acceptors (Lipinski definition) is 6. The van der Waals surface area contributed by atoms with Crippen LogP contribution in [0.25, 0.3) is 0 Å². The number of carbonyl (C=O) groups is 2. The molecule has 3 N–H and O–H groups in total. The molecule has 3 amide bonds. The first-order valence-electron chi connectivity index (χ1n) is 9.80. The third-order valence-corrected chi connectivity index (χ3v) is 5.99. The maximum absolute atomic E-state index is 13.3. The summed E-state index contributed by atoms with van der Waals surface area (Å²) in [5, 5.41) is 5.72. The fourth-order valence-electron chi connectivity index (χ4n) is 2.55. The molecule has 1 heterocycles. The van der Waals surface area contributed by atoms with Gasteiger partial charge in [-0.2, -0.15) is 23.3 Å². The van der Waals surface area contributed by atoms with Gasteiger partial charge in [0.05, 0.1) is 22.0 Å². The van der Waals surface area contributed by atoms with Crippen molar-refractivity contribution in [2.75, 3.05) is 16.1 Å². The van der Waals surface area contributed by atoms with Crippen LogP contribution in [0.2, 0.25) is 10.0 Å². The van der Waals surface area contributed by atoms with Crippen molar-refractivity contribution >= 4 is 62.4 Å². The lowest BCUT2D eigenvalue weighted by Crippen LogP contribution is -2.43. The third kappa shape index (κ3) is 7.40. The van der Waals surface area contributed by atoms with Gasteiger partial charge in [-0.05, 0) is 49.8 Å². The van der Waals surface area contributed by atoms with Crippen LogP contribution in [0.1, 0.15) is 22.8 Å². The summed E-state index contributed by atoms with van der Waals surface area (Å²) in [4.78, 5) is 31.5. The summed E-state index contributed by atoms with van der Waals surface area (Å²) in [6.45, 7) is 5.84. The van der Waals surface area contributed by atoms with Crippen molar-refractivity contribution in [2.24, 2.45) is 5.10 Å². The van der Waals surface area contributed by atoms with Crippen LogP contribution in [0, 0.1) is 6.92 Å². The fourth-order valence-corrected chi connectivity index (χ4v) is 3.42. The zero-order valence-electron chi connectivity index (χ0n) is 18.7. The largest absolute Gasteiger partial charge is 0.435 e. The molecule has 1 aromatic carbocycles. The summed E-state index contributed by atoms with van der Waals surface area (Å²) in [5.74, 6) is -1.80. The monoisotopic (exact) mass is 566 g/mol. The van der Waals surface area contributed by atoms with Crippen molar-refractivity contribution in [1.82, 2.24) is 15.2 Å². The number of allylic oxidation sites excluding steroid dienone is 1. The van der Waals surface area contributed by atoms with Crippen molar-refractivity contribution in [1.29, 1.82) is 0 Å². The third-order valence-electron chi connectivity index (χ3n) is 4.30. The van der Waals surface area contributed by atoms with E-state index < -0.39 is 39.7 Å². The van der Waals surface area contributed by atoms with Crippen LogP contribution in [0.15, 0.2) is 48.2 Å². The minimum Gasteiger partial charge on any atom is -0.305 e. The molecule has 0 saturated heterocycles. The molecule has 0 aliphatic carbocycles. The van der Waals surface area contributed by atoms with Gasteiger partial charge in [-0.1, -0.05) is 29.8 Å². The van der Waals surface area contributed by atoms with E-state index >= 15 is 0 Å². The number of amides is 3. The topological polar surface area (TPSA) is 133 Å². The molecule has 36 heavy (non-hydrogen) atoms. The van der Waals surface area contributed by atoms with Crippen LogP contribution in [0.3, 0.4) is 0 Å². The molecule has 1 aromatic heterocycles. The van der Waals surface area contributed by atoms with Crippen molar-refractivity contribution in [2.45, 2.75) is 20.0 Å². The highest BCUT2D eigenvalue weighted by atomic mass is 35.5. The standard InChI is InChI=1S/C20H19Cl2F3N6O4S/c1-4-15(20(23,24)25)29-31(17-14(22)7-6-8-26-17)19(33)27-16-11(3)9-12(21)10-13(16)18(32)28-30-36(34,35)5-2/h4,6-10,30H,1,5H2,2-3H3,(H,27,33)(H,28,32)/b29-15-. The summed E-state index contributed by atoms with van der Waals surface area (Å²) in [5.41, 5.74) is 0.155. The average molecular weight is 567 g/mol. The van der Waals surface area contributed by atoms with Gasteiger partial charge < -0.3 is 5.32 Å². The van der Waals surface area contributed by atoms with Crippen molar-refractivity contribution in [3.8, 4) is 0 Å². The molecule has 0 unspecified atom stereocenters. The SMILES string of the molecule is C=C/C(=N/N(C(=O)Nc1c(C)cc(Cl)cc1C(=O)NNS(=O)(=O)CC)c1ncccc1Cl)C(F)(F)F. The first kappa shape index (κ1) is 29.0. The number of anilines is 2. The molecular weight excluding hydrogens is 548 g/mol. The number of nitrogens with zero attached hydrogens (tertiary/aromatic N) is 3. The Hall–Kier alpha value is -3.20. The number of hydrogen-bond donors (Lipinski definition) is 3. The Morgan fingerprint density at radius 2 is 1.94 bits per heavy atom. The van der Waals surface area contributed by atoms with E-state index in [4.69, 9.17) is 23.2 Å². The van der Waals surface area contributed by atoms with Gasteiger partial charge >= 0.3 is 12.2 Å². The smallest absolute Gasteiger partial charge is 0.305 e. The molecule has 0 spiro atoms. The molecule has 10 nitrogen and oxygen atoms in total. The number of carbonyl (C=O) groups excluding carboxylic acids is 2. The number of halogens is 5. The van der Waals surface area contributed by atoms with Crippen LogP contribution in [0.4, 0.5) is 29.5 Å². The Morgan fingerprint density at radius 1 is 1.28 bits per heavy atom. The van der Waals surface area contributed by atoms with E-state index in [0.29, 0.717) is 6.08 Å². The summed E-state index contributed by atoms with van der Waals surface area (Å²) < 4.78 is 63.3. The summed E-state index contributed by atoms with van der Waals surface area (Å²) >= 11 is 12.0. The molecule has 0 aliphatic rings. The van der Waals surface area contributed by atoms with Gasteiger partial charge in [-0.15, -0.1) is 4.83 Å². The van der Waals surface area contributed by atoms with E-state index in [9.17, 15) is 31.2 Å². The Labute approximate surface area is 214 Å². The van der Waals surface area contributed by atoms with Gasteiger partial charge in [0.15, 0.2) is 11.5 Å². The zero-order valence-corrected chi connectivity index (χ0v) is 21.0. The van der Waals surface area contributed by atoms with Crippen molar-refractivity contribution < 1.29 is 31.2 Å². The van der Waals surface area contributed by atoms with Crippen LogP contribution in [-0.4, -0.2) is 43.0 Å². The quantitative estimate of drug-likeness (QED) is 0.321. The molecule has 194 valence electrons. The van der Waals surface area contributed by atoms with Gasteiger partial charge in [-0.3, -0.25) is 10.2 Å². The Kier molecular flexibility index (Phi) is 9.43. The Morgan fingerprint density at radius 3 is 2.50 bits per heavy atom. The predicted octanol–water partition coefficient (Wildman–Crippen LogP) is 4.42. The van der Waals surface area contributed by atoms with Crippen LogP contribution < -0.4 is 20.6 Å². The van der Waals surface area contributed by atoms with Gasteiger partial charge in [-0.25, -0.2) is 18.2 Å². The Bertz CT molecular complexity index is 1320. The minimum atomic E-state index is -4.97. The summed E-state index contributed by atoms with van der Waals surface area (Å²) in [7, 11) is -3.83. The number of aryl methyl sites for hydroxylation is 1. The maximum atomic E-state index is 13.3. The second-order valence-corrected chi connectivity index (χ2v) is 9.70. The number of nitrogens with one attached hydrogen (secondary N) is 3. The molecule has 0 radical (unpaired) electrons. The van der Waals surface area contributed by atoms with E-state index in [0.717, 1.165) is 6.07 Å². The fraction of sp³-hybridized carbons (Fsp3) is 0.200. The highest BCUT2D eigenvalue weighted by Crippen LogP contribution is 2.29. The number of hydrazine groups is 1. The maximum Gasteiger partial charge on any atom is 0.435 e. The summed E-state index contributed by atoms with van der Waals surface area (Å²) in [6.07, 6.45) is -3.41. The minimum absolute atomic E-state index is 0.0580. The second kappa shape index (κ2) is 11.7. The van der Waals surface area contributed by atoms with E-state index in [1.54, 1.807) is 0 Å². The highest BCUT2D eigenvalue weighted by Gasteiger charge is 2.36. The molecule has 0 atom stereocenters. The van der Waals surface area contributed by atoms with Crippen molar-refractivity contribution in [3.05, 3.63) is 64.3 Å². The highest BCUT2D eigenvalue weighted by molar-refractivity contribution is 7.89. The van der Waals surface area contributed by atoms with Gasteiger partial charge in [0.1, 0.15) is 0 Å². The number of alkyl halides is 3. The first-order chi connectivity index (χ1) is 16.7. The molecule has 2 aromatic rings. The van der Waals surface area contributed by atoms with E-state index in [-0.39, 0.29) is 37.6 Å². The Balaban J connectivity index is 2.56. The first-order valence-corrected chi connectivity index (χ1v) is 12.2. The molecule has 2 rings (SSSR count). The normalized spacial score (nSPS) is 12.1. The zero-order chi connectivity index (χ0) is 27.3. The van der Waals surface area contributed by atoms with E-state index in [2.05, 4.69) is 22.0 Å². The second-order valence-electron chi connectivity index (χ2n) is 6.84. The van der Waals surface area contributed by atoms with E-state index in [1.807, 2.05) is 10.3 Å². The molecule has 0 fully saturated rings. The van der Waals surface area contributed by atoms with Gasteiger partial charge in [0.25, 0.3) is 5.91 Å². The molecule has 0 saturated carbocycles. The molecule has 0 aliphatic heterocycles.